The molecular weight excluding hydrogens is 356 g/mol. The number of carbonyl (C=O) groups is 1. The Balaban J connectivity index is 1.75. The zero-order valence-electron chi connectivity index (χ0n) is 16.9. The molecule has 3 heteroatoms. The quantitative estimate of drug-likeness (QED) is 0.434. The van der Waals surface area contributed by atoms with Crippen LogP contribution in [0.25, 0.3) is 22.2 Å². The van der Waals surface area contributed by atoms with E-state index in [1.54, 1.807) is 0 Å². The Bertz CT molecular complexity index is 1180. The average molecular weight is 380 g/mol. The van der Waals surface area contributed by atoms with E-state index in [2.05, 4.69) is 44.3 Å². The fourth-order valence-electron chi connectivity index (χ4n) is 3.51. The van der Waals surface area contributed by atoms with Crippen LogP contribution in [-0.2, 0) is 0 Å². The van der Waals surface area contributed by atoms with Crippen LogP contribution in [0.4, 0.5) is 5.69 Å². The van der Waals surface area contributed by atoms with Gasteiger partial charge in [-0.05, 0) is 48.2 Å². The standard InChI is InChI=1S/C26H24N2O/c1-17(2)19-12-14-20(15-13-19)27-26(29)23-16-25(21-9-5-4-8-18(21)3)28-24-11-7-6-10-22(23)24/h4-17H,1-3H3,(H,27,29). The van der Waals surface area contributed by atoms with Crippen LogP contribution in [-0.4, -0.2) is 10.9 Å². The van der Waals surface area contributed by atoms with Crippen molar-refractivity contribution in [2.24, 2.45) is 0 Å². The fourth-order valence-corrected chi connectivity index (χ4v) is 3.51. The van der Waals surface area contributed by atoms with E-state index in [9.17, 15) is 4.79 Å². The van der Waals surface area contributed by atoms with Gasteiger partial charge in [0.25, 0.3) is 5.91 Å². The number of benzene rings is 3. The highest BCUT2D eigenvalue weighted by Gasteiger charge is 2.15. The second kappa shape index (κ2) is 7.88. The van der Waals surface area contributed by atoms with Gasteiger partial charge in [-0.15, -0.1) is 0 Å². The van der Waals surface area contributed by atoms with Crippen LogP contribution in [0.3, 0.4) is 0 Å². The summed E-state index contributed by atoms with van der Waals surface area (Å²) < 4.78 is 0. The molecule has 0 aliphatic heterocycles. The van der Waals surface area contributed by atoms with Gasteiger partial charge in [-0.2, -0.15) is 0 Å². The molecule has 144 valence electrons. The Morgan fingerprint density at radius 2 is 1.59 bits per heavy atom. The van der Waals surface area contributed by atoms with Crippen LogP contribution in [0.15, 0.2) is 78.9 Å². The lowest BCUT2D eigenvalue weighted by atomic mass is 10.0. The number of carbonyl (C=O) groups excluding carboxylic acids is 1. The van der Waals surface area contributed by atoms with Gasteiger partial charge in [0.1, 0.15) is 0 Å². The highest BCUT2D eigenvalue weighted by atomic mass is 16.1. The summed E-state index contributed by atoms with van der Waals surface area (Å²) in [5.41, 5.74) is 6.45. The summed E-state index contributed by atoms with van der Waals surface area (Å²) in [5, 5.41) is 3.89. The predicted molar refractivity (Wildman–Crippen MR) is 120 cm³/mol. The van der Waals surface area contributed by atoms with Crippen molar-refractivity contribution in [2.75, 3.05) is 5.32 Å². The highest BCUT2D eigenvalue weighted by molar-refractivity contribution is 6.13. The summed E-state index contributed by atoms with van der Waals surface area (Å²) >= 11 is 0. The molecule has 0 saturated heterocycles. The number of anilines is 1. The van der Waals surface area contributed by atoms with E-state index in [0.717, 1.165) is 33.4 Å². The molecule has 4 aromatic rings. The van der Waals surface area contributed by atoms with Gasteiger partial charge >= 0.3 is 0 Å². The topological polar surface area (TPSA) is 42.0 Å². The number of aromatic nitrogens is 1. The molecule has 0 spiro atoms. The maximum Gasteiger partial charge on any atom is 0.256 e. The molecule has 1 N–H and O–H groups in total. The molecule has 3 nitrogen and oxygen atoms in total. The number of aryl methyl sites for hydroxylation is 1. The molecular formula is C26H24N2O. The van der Waals surface area contributed by atoms with Crippen molar-refractivity contribution in [3.8, 4) is 11.3 Å². The Morgan fingerprint density at radius 3 is 2.31 bits per heavy atom. The van der Waals surface area contributed by atoms with Crippen LogP contribution in [0.5, 0.6) is 0 Å². The van der Waals surface area contributed by atoms with Gasteiger partial charge in [0.05, 0.1) is 16.8 Å². The van der Waals surface area contributed by atoms with Crippen molar-refractivity contribution in [1.29, 1.82) is 0 Å². The van der Waals surface area contributed by atoms with E-state index in [4.69, 9.17) is 4.98 Å². The second-order valence-electron chi connectivity index (χ2n) is 7.62. The number of para-hydroxylation sites is 1. The van der Waals surface area contributed by atoms with Gasteiger partial charge in [0.2, 0.25) is 0 Å². The van der Waals surface area contributed by atoms with Gasteiger partial charge in [-0.25, -0.2) is 4.98 Å². The number of hydrogen-bond donors (Lipinski definition) is 1. The first-order valence-electron chi connectivity index (χ1n) is 9.90. The van der Waals surface area contributed by atoms with E-state index in [1.807, 2.05) is 60.7 Å². The lowest BCUT2D eigenvalue weighted by Gasteiger charge is -2.12. The van der Waals surface area contributed by atoms with E-state index < -0.39 is 0 Å². The van der Waals surface area contributed by atoms with Crippen molar-refractivity contribution in [3.05, 3.63) is 95.6 Å². The molecule has 0 aliphatic carbocycles. The maximum absolute atomic E-state index is 13.2. The summed E-state index contributed by atoms with van der Waals surface area (Å²) in [4.78, 5) is 18.0. The minimum Gasteiger partial charge on any atom is -0.322 e. The molecule has 29 heavy (non-hydrogen) atoms. The number of amides is 1. The Hall–Kier alpha value is -3.46. The number of nitrogens with one attached hydrogen (secondary N) is 1. The maximum atomic E-state index is 13.2. The van der Waals surface area contributed by atoms with Gasteiger partial charge in [0.15, 0.2) is 0 Å². The van der Waals surface area contributed by atoms with E-state index in [1.165, 1.54) is 5.56 Å². The molecule has 0 saturated carbocycles. The average Bonchev–Trinajstić information content (AvgIpc) is 2.73. The van der Waals surface area contributed by atoms with Crippen LogP contribution in [0.1, 0.15) is 41.3 Å². The third-order valence-electron chi connectivity index (χ3n) is 5.22. The predicted octanol–water partition coefficient (Wildman–Crippen LogP) is 6.59. The van der Waals surface area contributed by atoms with Gasteiger partial charge in [0, 0.05) is 16.6 Å². The first-order chi connectivity index (χ1) is 14.0. The monoisotopic (exact) mass is 380 g/mol. The zero-order valence-corrected chi connectivity index (χ0v) is 16.9. The summed E-state index contributed by atoms with van der Waals surface area (Å²) in [6.45, 7) is 6.37. The number of nitrogens with zero attached hydrogens (tertiary/aromatic N) is 1. The van der Waals surface area contributed by atoms with Gasteiger partial charge in [-0.1, -0.05) is 68.4 Å². The van der Waals surface area contributed by atoms with Crippen molar-refractivity contribution < 1.29 is 4.79 Å². The van der Waals surface area contributed by atoms with E-state index >= 15 is 0 Å². The largest absolute Gasteiger partial charge is 0.322 e. The molecule has 0 atom stereocenters. The zero-order chi connectivity index (χ0) is 20.4. The molecule has 0 unspecified atom stereocenters. The Morgan fingerprint density at radius 1 is 0.897 bits per heavy atom. The fraction of sp³-hybridized carbons (Fsp3) is 0.154. The first-order valence-corrected chi connectivity index (χ1v) is 9.90. The second-order valence-corrected chi connectivity index (χ2v) is 7.62. The van der Waals surface area contributed by atoms with Gasteiger partial charge in [-0.3, -0.25) is 4.79 Å². The molecule has 0 radical (unpaired) electrons. The summed E-state index contributed by atoms with van der Waals surface area (Å²) in [6.07, 6.45) is 0. The lowest BCUT2D eigenvalue weighted by molar-refractivity contribution is 0.102. The van der Waals surface area contributed by atoms with Crippen molar-refractivity contribution >= 4 is 22.5 Å². The molecule has 0 bridgehead atoms. The molecule has 1 heterocycles. The van der Waals surface area contributed by atoms with Crippen molar-refractivity contribution in [3.63, 3.8) is 0 Å². The number of hydrogen-bond acceptors (Lipinski definition) is 2. The summed E-state index contributed by atoms with van der Waals surface area (Å²) in [6, 6.07) is 25.8. The molecule has 4 rings (SSSR count). The minimum atomic E-state index is -0.129. The first kappa shape index (κ1) is 18.9. The SMILES string of the molecule is Cc1ccccc1-c1cc(C(=O)Nc2ccc(C(C)C)cc2)c2ccccc2n1. The lowest BCUT2D eigenvalue weighted by Crippen LogP contribution is -2.13. The van der Waals surface area contributed by atoms with Crippen LogP contribution in [0.2, 0.25) is 0 Å². The number of fused-ring (bicyclic) bond motifs is 1. The molecule has 1 amide bonds. The molecule has 3 aromatic carbocycles. The molecule has 0 fully saturated rings. The smallest absolute Gasteiger partial charge is 0.256 e. The Kier molecular flexibility index (Phi) is 5.13. The van der Waals surface area contributed by atoms with Gasteiger partial charge < -0.3 is 5.32 Å². The number of pyridine rings is 1. The summed E-state index contributed by atoms with van der Waals surface area (Å²) in [5.74, 6) is 0.330. The molecule has 0 aliphatic rings. The number of rotatable bonds is 4. The van der Waals surface area contributed by atoms with Crippen molar-refractivity contribution in [2.45, 2.75) is 26.7 Å². The van der Waals surface area contributed by atoms with Crippen LogP contribution < -0.4 is 5.32 Å². The van der Waals surface area contributed by atoms with Crippen LogP contribution in [0, 0.1) is 6.92 Å². The third kappa shape index (κ3) is 3.90. The Labute approximate surface area is 171 Å². The highest BCUT2D eigenvalue weighted by Crippen LogP contribution is 2.27. The normalized spacial score (nSPS) is 11.0. The van der Waals surface area contributed by atoms with Crippen LogP contribution >= 0.6 is 0 Å². The van der Waals surface area contributed by atoms with E-state index in [0.29, 0.717) is 11.5 Å². The third-order valence-corrected chi connectivity index (χ3v) is 5.22. The summed E-state index contributed by atoms with van der Waals surface area (Å²) in [7, 11) is 0. The minimum absolute atomic E-state index is 0.129. The molecule has 1 aromatic heterocycles. The van der Waals surface area contributed by atoms with E-state index in [-0.39, 0.29) is 5.91 Å². The van der Waals surface area contributed by atoms with Crippen molar-refractivity contribution in [1.82, 2.24) is 4.98 Å².